The number of anilines is 1. The normalized spacial score (nSPS) is 28.8. The second-order valence-electron chi connectivity index (χ2n) is 8.01. The highest BCUT2D eigenvalue weighted by atomic mass is 16.5. The van der Waals surface area contributed by atoms with Crippen LogP contribution in [0.4, 0.5) is 5.82 Å². The van der Waals surface area contributed by atoms with Crippen LogP contribution in [0.5, 0.6) is 5.75 Å². The van der Waals surface area contributed by atoms with E-state index in [1.165, 1.54) is 0 Å². The summed E-state index contributed by atoms with van der Waals surface area (Å²) in [7, 11) is 1.63. The van der Waals surface area contributed by atoms with Gasteiger partial charge in [0.1, 0.15) is 17.1 Å². The lowest BCUT2D eigenvalue weighted by Crippen LogP contribution is -2.44. The fraction of sp³-hybridized carbons (Fsp3) is 0.409. The third-order valence-electron chi connectivity index (χ3n) is 6.17. The maximum Gasteiger partial charge on any atom is 0.235 e. The highest BCUT2D eigenvalue weighted by molar-refractivity contribution is 6.02. The van der Waals surface area contributed by atoms with E-state index in [1.54, 1.807) is 25.0 Å². The Kier molecular flexibility index (Phi) is 4.39. The number of nitrogens with zero attached hydrogens (tertiary/aromatic N) is 2. The first-order valence-electron chi connectivity index (χ1n) is 10.0. The number of hydrogen-bond donors (Lipinski definition) is 1. The van der Waals surface area contributed by atoms with E-state index in [4.69, 9.17) is 14.0 Å². The van der Waals surface area contributed by atoms with Gasteiger partial charge >= 0.3 is 0 Å². The van der Waals surface area contributed by atoms with Crippen molar-refractivity contribution in [3.05, 3.63) is 53.8 Å². The summed E-state index contributed by atoms with van der Waals surface area (Å²) in [5, 5.41) is 6.95. The Bertz CT molecular complexity index is 1010. The summed E-state index contributed by atoms with van der Waals surface area (Å²) in [6, 6.07) is 9.46. The van der Waals surface area contributed by atoms with Crippen molar-refractivity contribution < 1.29 is 23.6 Å². The van der Waals surface area contributed by atoms with E-state index in [0.717, 1.165) is 11.3 Å². The number of rotatable bonds is 6. The number of aromatic nitrogens is 1. The van der Waals surface area contributed by atoms with Gasteiger partial charge in [0, 0.05) is 12.6 Å². The van der Waals surface area contributed by atoms with Crippen LogP contribution in [0.2, 0.25) is 0 Å². The average molecular weight is 409 g/mol. The van der Waals surface area contributed by atoms with Crippen LogP contribution >= 0.6 is 0 Å². The number of hydrogen-bond acceptors (Lipinski definition) is 6. The Morgan fingerprint density at radius 2 is 2.17 bits per heavy atom. The van der Waals surface area contributed by atoms with Gasteiger partial charge in [-0.15, -0.1) is 0 Å². The molecule has 1 aromatic heterocycles. The van der Waals surface area contributed by atoms with Crippen LogP contribution in [0.25, 0.3) is 0 Å². The van der Waals surface area contributed by atoms with Gasteiger partial charge in [-0.25, -0.2) is 0 Å². The lowest BCUT2D eigenvalue weighted by Gasteiger charge is -2.23. The SMILES string of the molecule is COc1ccc(CCNC(=O)[C@@H]2[C@@H]3C=C[C@@]4(CN(c5cc(C)on5)C(=O)[C@@H]24)O3)cc1. The highest BCUT2D eigenvalue weighted by Crippen LogP contribution is 2.52. The largest absolute Gasteiger partial charge is 0.497 e. The molecule has 1 aromatic carbocycles. The minimum Gasteiger partial charge on any atom is -0.497 e. The molecule has 0 unspecified atom stereocenters. The Morgan fingerprint density at radius 3 is 2.87 bits per heavy atom. The molecule has 0 radical (unpaired) electrons. The molecule has 8 nitrogen and oxygen atoms in total. The average Bonchev–Trinajstić information content (AvgIpc) is 3.49. The van der Waals surface area contributed by atoms with Gasteiger partial charge in [0.2, 0.25) is 11.8 Å². The summed E-state index contributed by atoms with van der Waals surface area (Å²) in [5.74, 6) is 0.482. The lowest BCUT2D eigenvalue weighted by molar-refractivity contribution is -0.131. The number of benzene rings is 1. The molecule has 2 aromatic rings. The van der Waals surface area contributed by atoms with E-state index >= 15 is 0 Å². The fourth-order valence-corrected chi connectivity index (χ4v) is 4.71. The van der Waals surface area contributed by atoms with Gasteiger partial charge in [-0.2, -0.15) is 0 Å². The molecule has 2 saturated heterocycles. The molecule has 3 aliphatic heterocycles. The van der Waals surface area contributed by atoms with E-state index in [2.05, 4.69) is 10.5 Å². The molecule has 2 amide bonds. The third kappa shape index (κ3) is 2.90. The third-order valence-corrected chi connectivity index (χ3v) is 6.17. The molecule has 2 fully saturated rings. The van der Waals surface area contributed by atoms with Gasteiger partial charge in [-0.05, 0) is 31.0 Å². The molecule has 156 valence electrons. The van der Waals surface area contributed by atoms with Crippen LogP contribution in [0.15, 0.2) is 47.0 Å². The maximum atomic E-state index is 13.2. The number of aryl methyl sites for hydroxylation is 1. The van der Waals surface area contributed by atoms with Crippen molar-refractivity contribution in [1.29, 1.82) is 0 Å². The number of amides is 2. The number of fused-ring (bicyclic) bond motifs is 1. The summed E-state index contributed by atoms with van der Waals surface area (Å²) in [6.07, 6.45) is 4.14. The zero-order valence-corrected chi connectivity index (χ0v) is 16.8. The summed E-state index contributed by atoms with van der Waals surface area (Å²) in [5.41, 5.74) is 0.327. The van der Waals surface area contributed by atoms with Crippen molar-refractivity contribution >= 4 is 17.6 Å². The predicted octanol–water partition coefficient (Wildman–Crippen LogP) is 1.64. The number of carbonyl (C=O) groups is 2. The van der Waals surface area contributed by atoms with Crippen molar-refractivity contribution in [3.8, 4) is 5.75 Å². The van der Waals surface area contributed by atoms with E-state index < -0.39 is 17.4 Å². The maximum absolute atomic E-state index is 13.2. The van der Waals surface area contributed by atoms with Gasteiger partial charge in [0.25, 0.3) is 0 Å². The zero-order valence-electron chi connectivity index (χ0n) is 16.8. The smallest absolute Gasteiger partial charge is 0.235 e. The van der Waals surface area contributed by atoms with Gasteiger partial charge in [-0.3, -0.25) is 14.5 Å². The Hall–Kier alpha value is -3.13. The fourth-order valence-electron chi connectivity index (χ4n) is 4.71. The van der Waals surface area contributed by atoms with E-state index in [0.29, 0.717) is 31.1 Å². The minimum absolute atomic E-state index is 0.148. The number of ether oxygens (including phenoxy) is 2. The van der Waals surface area contributed by atoms with Crippen molar-refractivity contribution in [1.82, 2.24) is 10.5 Å². The van der Waals surface area contributed by atoms with Gasteiger partial charge in [-0.1, -0.05) is 29.4 Å². The van der Waals surface area contributed by atoms with Crippen LogP contribution in [0.3, 0.4) is 0 Å². The van der Waals surface area contributed by atoms with Crippen molar-refractivity contribution in [2.24, 2.45) is 11.8 Å². The van der Waals surface area contributed by atoms with Crippen LogP contribution in [-0.4, -0.2) is 48.9 Å². The van der Waals surface area contributed by atoms with Gasteiger partial charge < -0.3 is 19.3 Å². The van der Waals surface area contributed by atoms with Crippen LogP contribution < -0.4 is 15.0 Å². The molecule has 30 heavy (non-hydrogen) atoms. The monoisotopic (exact) mass is 409 g/mol. The minimum atomic E-state index is -0.771. The second kappa shape index (κ2) is 6.98. The van der Waals surface area contributed by atoms with Crippen molar-refractivity contribution in [2.45, 2.75) is 25.0 Å². The first-order valence-corrected chi connectivity index (χ1v) is 10.0. The molecule has 5 rings (SSSR count). The van der Waals surface area contributed by atoms with Crippen molar-refractivity contribution in [2.75, 3.05) is 25.1 Å². The number of carbonyl (C=O) groups excluding carboxylic acids is 2. The Morgan fingerprint density at radius 1 is 1.37 bits per heavy atom. The number of methoxy groups -OCH3 is 1. The summed E-state index contributed by atoms with van der Waals surface area (Å²) < 4.78 is 16.4. The summed E-state index contributed by atoms with van der Waals surface area (Å²) in [6.45, 7) is 2.60. The molecular weight excluding hydrogens is 386 g/mol. The topological polar surface area (TPSA) is 93.9 Å². The van der Waals surface area contributed by atoms with E-state index in [1.807, 2.05) is 36.4 Å². The van der Waals surface area contributed by atoms with E-state index in [9.17, 15) is 9.59 Å². The number of nitrogens with one attached hydrogen (secondary N) is 1. The van der Waals surface area contributed by atoms with Crippen molar-refractivity contribution in [3.63, 3.8) is 0 Å². The van der Waals surface area contributed by atoms with Crippen LogP contribution in [-0.2, 0) is 20.7 Å². The van der Waals surface area contributed by atoms with Gasteiger partial charge in [0.15, 0.2) is 5.82 Å². The molecule has 4 atom stereocenters. The van der Waals surface area contributed by atoms with Crippen LogP contribution in [0, 0.1) is 18.8 Å². The molecule has 4 heterocycles. The first kappa shape index (κ1) is 18.9. The Balaban J connectivity index is 1.27. The van der Waals surface area contributed by atoms with Gasteiger partial charge in [0.05, 0.1) is 31.6 Å². The predicted molar refractivity (Wildman–Crippen MR) is 107 cm³/mol. The molecule has 0 saturated carbocycles. The quantitative estimate of drug-likeness (QED) is 0.729. The zero-order chi connectivity index (χ0) is 20.9. The standard InChI is InChI=1S/C22H23N3O5/c1-13-11-17(24-30-13)25-12-22-9-7-16(29-22)18(19(22)21(25)27)20(26)23-10-8-14-3-5-15(28-2)6-4-14/h3-7,9,11,16,18-19H,8,10,12H2,1-2H3,(H,23,26)/t16-,18+,19+,22-/m0/s1. The summed E-state index contributed by atoms with van der Waals surface area (Å²) in [4.78, 5) is 27.8. The molecular formula is C22H23N3O5. The second-order valence-corrected chi connectivity index (χ2v) is 8.01. The summed E-state index contributed by atoms with van der Waals surface area (Å²) >= 11 is 0. The lowest BCUT2D eigenvalue weighted by atomic mass is 9.77. The molecule has 1 N–H and O–H groups in total. The van der Waals surface area contributed by atoms with Crippen LogP contribution in [0.1, 0.15) is 11.3 Å². The first-order chi connectivity index (χ1) is 14.5. The molecule has 1 spiro atoms. The molecule has 3 aliphatic rings. The Labute approximate surface area is 173 Å². The highest BCUT2D eigenvalue weighted by Gasteiger charge is 2.67. The van der Waals surface area contributed by atoms with E-state index in [-0.39, 0.29) is 17.9 Å². The molecule has 8 heteroatoms. The molecule has 2 bridgehead atoms. The molecule has 0 aliphatic carbocycles.